The van der Waals surface area contributed by atoms with Gasteiger partial charge in [-0.25, -0.2) is 8.84 Å². The van der Waals surface area contributed by atoms with E-state index in [0.717, 1.165) is 0 Å². The predicted molar refractivity (Wildman–Crippen MR) is 129 cm³/mol. The molecule has 34 heavy (non-hydrogen) atoms. The highest BCUT2D eigenvalue weighted by atomic mass is 35.5. The van der Waals surface area contributed by atoms with E-state index < -0.39 is 53.7 Å². The van der Waals surface area contributed by atoms with Crippen molar-refractivity contribution in [3.8, 4) is 0 Å². The Kier molecular flexibility index (Phi) is 6.73. The fourth-order valence-electron chi connectivity index (χ4n) is 7.12. The predicted octanol–water partition coefficient (Wildman–Crippen LogP) is 3.55. The van der Waals surface area contributed by atoms with Gasteiger partial charge >= 0.3 is 0 Å². The summed E-state index contributed by atoms with van der Waals surface area (Å²) in [5.41, 5.74) is -1.63. The van der Waals surface area contributed by atoms with E-state index in [2.05, 4.69) is 27.7 Å². The van der Waals surface area contributed by atoms with Crippen molar-refractivity contribution >= 4 is 23.6 Å². The third-order valence-electron chi connectivity index (χ3n) is 7.77. The molecule has 4 fully saturated rings. The third kappa shape index (κ3) is 4.55. The molecule has 4 heterocycles. The number of ether oxygens (including phenoxy) is 4. The number of piperidine rings is 2. The molecule has 0 bridgehead atoms. The van der Waals surface area contributed by atoms with Crippen molar-refractivity contribution in [2.24, 2.45) is 0 Å². The van der Waals surface area contributed by atoms with Gasteiger partial charge in [0, 0.05) is 47.8 Å². The van der Waals surface area contributed by atoms with E-state index in [1.165, 1.54) is 0 Å². The van der Waals surface area contributed by atoms with Crippen LogP contribution >= 0.6 is 23.6 Å². The zero-order valence-electron chi connectivity index (χ0n) is 21.7. The Labute approximate surface area is 214 Å². The van der Waals surface area contributed by atoms with Crippen LogP contribution in [0.5, 0.6) is 0 Å². The maximum Gasteiger partial charge on any atom is 0.173 e. The molecule has 0 unspecified atom stereocenters. The van der Waals surface area contributed by atoms with Gasteiger partial charge in [0.2, 0.25) is 0 Å². The van der Waals surface area contributed by atoms with Gasteiger partial charge < -0.3 is 29.2 Å². The van der Waals surface area contributed by atoms with Crippen molar-refractivity contribution in [1.82, 2.24) is 8.84 Å². The SMILES string of the molecule is CC1(C)CC2(CC(C)(C)N1Cl)OC[C@@H]1OC3(CC(C)(C)N(Cl)C(C)(C)C3)O[C@H]([C@H](O)CO)[C@@H]1O2. The van der Waals surface area contributed by atoms with Gasteiger partial charge in [0.1, 0.15) is 24.4 Å². The van der Waals surface area contributed by atoms with Crippen molar-refractivity contribution < 1.29 is 29.2 Å². The lowest BCUT2D eigenvalue weighted by Crippen LogP contribution is -2.73. The van der Waals surface area contributed by atoms with Crippen LogP contribution in [0.2, 0.25) is 0 Å². The van der Waals surface area contributed by atoms with Crippen LogP contribution in [0.25, 0.3) is 0 Å². The van der Waals surface area contributed by atoms with Crippen molar-refractivity contribution in [2.75, 3.05) is 13.2 Å². The summed E-state index contributed by atoms with van der Waals surface area (Å²) in [7, 11) is 0. The third-order valence-corrected chi connectivity index (χ3v) is 9.60. The summed E-state index contributed by atoms with van der Waals surface area (Å²) in [4.78, 5) is 0. The molecule has 0 aromatic carbocycles. The van der Waals surface area contributed by atoms with E-state index in [0.29, 0.717) is 32.3 Å². The summed E-state index contributed by atoms with van der Waals surface area (Å²) in [6.45, 7) is 16.3. The fraction of sp³-hybridized carbons (Fsp3) is 1.00. The number of aliphatic hydroxyl groups is 2. The van der Waals surface area contributed by atoms with E-state index in [-0.39, 0.29) is 11.1 Å². The highest BCUT2D eigenvalue weighted by molar-refractivity contribution is 6.14. The molecule has 0 radical (unpaired) electrons. The molecule has 0 aromatic heterocycles. The minimum Gasteiger partial charge on any atom is -0.394 e. The van der Waals surface area contributed by atoms with Gasteiger partial charge in [-0.2, -0.15) is 0 Å². The molecule has 0 aromatic rings. The Morgan fingerprint density at radius 2 is 1.21 bits per heavy atom. The summed E-state index contributed by atoms with van der Waals surface area (Å²) >= 11 is 13.4. The van der Waals surface area contributed by atoms with Gasteiger partial charge in [-0.1, -0.05) is 0 Å². The first-order chi connectivity index (χ1) is 15.4. The molecule has 4 atom stereocenters. The number of halogens is 2. The first-order valence-corrected chi connectivity index (χ1v) is 12.9. The minimum absolute atomic E-state index is 0.296. The molecule has 4 rings (SSSR count). The van der Waals surface area contributed by atoms with Gasteiger partial charge in [0.05, 0.1) is 13.2 Å². The summed E-state index contributed by atoms with van der Waals surface area (Å²) in [5, 5.41) is 20.8. The van der Waals surface area contributed by atoms with Crippen LogP contribution in [0, 0.1) is 0 Å². The maximum absolute atomic E-state index is 10.9. The lowest BCUT2D eigenvalue weighted by molar-refractivity contribution is -0.447. The second kappa shape index (κ2) is 8.38. The molecule has 0 saturated carbocycles. The van der Waals surface area contributed by atoms with Crippen LogP contribution in [0.1, 0.15) is 81.1 Å². The molecule has 4 aliphatic rings. The summed E-state index contributed by atoms with van der Waals surface area (Å²) in [6, 6.07) is 0. The zero-order valence-corrected chi connectivity index (χ0v) is 23.2. The molecule has 10 heteroatoms. The van der Waals surface area contributed by atoms with E-state index in [4.69, 9.17) is 42.5 Å². The molecule has 0 aliphatic carbocycles. The highest BCUT2D eigenvalue weighted by Crippen LogP contribution is 2.54. The summed E-state index contributed by atoms with van der Waals surface area (Å²) in [6.07, 6.45) is -0.880. The Morgan fingerprint density at radius 1 is 0.765 bits per heavy atom. The lowest BCUT2D eigenvalue weighted by Gasteiger charge is -2.63. The molecule has 0 amide bonds. The number of nitrogens with zero attached hydrogens (tertiary/aromatic N) is 2. The largest absolute Gasteiger partial charge is 0.394 e. The standard InChI is InChI=1S/C24H42Cl2N2O6/c1-19(2)11-23(12-20(3,4)27(19)25)31-10-16-18(34-23)17(15(30)9-29)33-24(32-16)13-21(5,6)28(26)22(7,8)14-24/h15-18,29-30H,9-14H2,1-8H3/t15-,16+,17-,18-/m1/s1. The lowest BCUT2D eigenvalue weighted by atomic mass is 9.76. The fourth-order valence-corrected chi connectivity index (χ4v) is 7.36. The van der Waals surface area contributed by atoms with Crippen molar-refractivity contribution in [1.29, 1.82) is 0 Å². The van der Waals surface area contributed by atoms with Crippen LogP contribution < -0.4 is 0 Å². The maximum atomic E-state index is 10.9. The highest BCUT2D eigenvalue weighted by Gasteiger charge is 2.64. The Bertz CT molecular complexity index is 753. The van der Waals surface area contributed by atoms with Crippen molar-refractivity contribution in [3.05, 3.63) is 0 Å². The van der Waals surface area contributed by atoms with Gasteiger partial charge in [-0.3, -0.25) is 0 Å². The van der Waals surface area contributed by atoms with Crippen molar-refractivity contribution in [3.63, 3.8) is 0 Å². The zero-order chi connectivity index (χ0) is 25.5. The average Bonchev–Trinajstić information content (AvgIpc) is 2.68. The van der Waals surface area contributed by atoms with Crippen molar-refractivity contribution in [2.45, 2.75) is 139 Å². The van der Waals surface area contributed by atoms with Gasteiger partial charge in [0.25, 0.3) is 0 Å². The molecule has 198 valence electrons. The number of aliphatic hydroxyl groups excluding tert-OH is 2. The topological polar surface area (TPSA) is 83.9 Å². The number of hydrogen-bond acceptors (Lipinski definition) is 8. The summed E-state index contributed by atoms with van der Waals surface area (Å²) < 4.78 is 30.0. The monoisotopic (exact) mass is 524 g/mol. The van der Waals surface area contributed by atoms with Crippen LogP contribution in [0.4, 0.5) is 0 Å². The number of rotatable bonds is 2. The molecule has 2 N–H and O–H groups in total. The second-order valence-corrected chi connectivity index (χ2v) is 13.9. The second-order valence-electron chi connectivity index (χ2n) is 13.2. The molecule has 2 spiro atoms. The first-order valence-electron chi connectivity index (χ1n) is 12.3. The molecule has 4 aliphatic heterocycles. The van der Waals surface area contributed by atoms with E-state index in [9.17, 15) is 10.2 Å². The van der Waals surface area contributed by atoms with E-state index >= 15 is 0 Å². The minimum atomic E-state index is -1.13. The van der Waals surface area contributed by atoms with Crippen LogP contribution in [0.3, 0.4) is 0 Å². The van der Waals surface area contributed by atoms with Gasteiger partial charge in [-0.15, -0.1) is 0 Å². The normalized spacial score (nSPS) is 39.0. The number of hydrogen-bond donors (Lipinski definition) is 2. The molecular formula is C24H42Cl2N2O6. The van der Waals surface area contributed by atoms with Gasteiger partial charge in [0.15, 0.2) is 11.6 Å². The Morgan fingerprint density at radius 3 is 1.65 bits per heavy atom. The average molecular weight is 526 g/mol. The molecule has 8 nitrogen and oxygen atoms in total. The smallest absolute Gasteiger partial charge is 0.173 e. The quantitative estimate of drug-likeness (QED) is 0.530. The van der Waals surface area contributed by atoms with Gasteiger partial charge in [-0.05, 0) is 78.9 Å². The Balaban J connectivity index is 1.65. The number of fused-ring (bicyclic) bond motifs is 1. The van der Waals surface area contributed by atoms with Crippen LogP contribution in [-0.2, 0) is 18.9 Å². The van der Waals surface area contributed by atoms with E-state index in [1.807, 2.05) is 36.5 Å². The molecular weight excluding hydrogens is 483 g/mol. The Hall–Kier alpha value is 0.260. The van der Waals surface area contributed by atoms with Crippen LogP contribution in [0.15, 0.2) is 0 Å². The molecule has 4 saturated heterocycles. The van der Waals surface area contributed by atoms with Crippen LogP contribution in [-0.4, -0.2) is 90.4 Å². The first kappa shape index (κ1) is 27.3. The summed E-state index contributed by atoms with van der Waals surface area (Å²) in [5.74, 6) is -1.89. The van der Waals surface area contributed by atoms with E-state index in [1.54, 1.807) is 0 Å².